The molecule has 3 amide bonds. The minimum absolute atomic E-state index is 0.199. The van der Waals surface area contributed by atoms with Gasteiger partial charge in [-0.3, -0.25) is 19.2 Å². The normalized spacial score (nSPS) is 17.8. The van der Waals surface area contributed by atoms with Gasteiger partial charge in [-0.2, -0.15) is 0 Å². The highest BCUT2D eigenvalue weighted by molar-refractivity contribution is 5.95. The molecular weight excluding hydrogens is 384 g/mol. The van der Waals surface area contributed by atoms with Crippen LogP contribution in [0.3, 0.4) is 0 Å². The Balaban J connectivity index is 2.75. The number of carboxylic acid groups (broad SMARTS) is 2. The maximum absolute atomic E-state index is 12.5. The molecule has 0 unspecified atom stereocenters. The Morgan fingerprint density at radius 2 is 1.76 bits per heavy atom. The van der Waals surface area contributed by atoms with E-state index in [-0.39, 0.29) is 12.3 Å². The van der Waals surface area contributed by atoms with Crippen molar-refractivity contribution in [2.24, 2.45) is 11.7 Å². The first-order chi connectivity index (χ1) is 13.6. The molecule has 1 rings (SSSR count). The molecule has 3 atom stereocenters. The lowest BCUT2D eigenvalue weighted by Gasteiger charge is -2.40. The topological polar surface area (TPSA) is 179 Å². The second kappa shape index (κ2) is 11.3. The lowest BCUT2D eigenvalue weighted by atomic mass is 9.99. The van der Waals surface area contributed by atoms with Crippen molar-refractivity contribution in [1.82, 2.24) is 15.5 Å². The average Bonchev–Trinajstić information content (AvgIpc) is 2.57. The third-order valence-electron chi connectivity index (χ3n) is 4.73. The van der Waals surface area contributed by atoms with E-state index in [1.165, 1.54) is 4.90 Å². The Kier molecular flexibility index (Phi) is 9.53. The van der Waals surface area contributed by atoms with Crippen molar-refractivity contribution < 1.29 is 34.2 Å². The summed E-state index contributed by atoms with van der Waals surface area (Å²) < 4.78 is 0. The standard InChI is InChI=1S/C18H30N4O7/c1-10(2)15(18(28)29)21-16(26)11(9-14(24)25)20-17(27)12-6-8-22(12)13(23)5-3-4-7-19/h10-12,15H,3-9,19H2,1-2H3,(H,20,27)(H,21,26)(H,24,25)(H,28,29)/t11-,12-,15-/m0/s1. The number of rotatable bonds is 12. The monoisotopic (exact) mass is 414 g/mol. The summed E-state index contributed by atoms with van der Waals surface area (Å²) in [7, 11) is 0. The minimum atomic E-state index is -1.45. The first kappa shape index (κ1) is 24.3. The maximum Gasteiger partial charge on any atom is 0.326 e. The van der Waals surface area contributed by atoms with Gasteiger partial charge in [0.25, 0.3) is 0 Å². The highest BCUT2D eigenvalue weighted by Gasteiger charge is 2.39. The molecule has 1 saturated heterocycles. The molecule has 11 heteroatoms. The highest BCUT2D eigenvalue weighted by Crippen LogP contribution is 2.20. The number of nitrogens with two attached hydrogens (primary N) is 1. The molecule has 0 aliphatic carbocycles. The van der Waals surface area contributed by atoms with Gasteiger partial charge in [-0.25, -0.2) is 4.79 Å². The Bertz CT molecular complexity index is 638. The number of hydrogen-bond donors (Lipinski definition) is 5. The van der Waals surface area contributed by atoms with Crippen molar-refractivity contribution in [2.75, 3.05) is 13.1 Å². The van der Waals surface area contributed by atoms with Crippen LogP contribution >= 0.6 is 0 Å². The molecule has 29 heavy (non-hydrogen) atoms. The molecule has 1 aliphatic heterocycles. The largest absolute Gasteiger partial charge is 0.481 e. The molecule has 11 nitrogen and oxygen atoms in total. The third-order valence-corrected chi connectivity index (χ3v) is 4.73. The number of hydrogen-bond acceptors (Lipinski definition) is 6. The summed E-state index contributed by atoms with van der Waals surface area (Å²) in [5.74, 6) is -4.77. The maximum atomic E-state index is 12.5. The van der Waals surface area contributed by atoms with Gasteiger partial charge in [0.05, 0.1) is 6.42 Å². The number of unbranched alkanes of at least 4 members (excludes halogenated alkanes) is 1. The molecule has 0 saturated carbocycles. The van der Waals surface area contributed by atoms with Gasteiger partial charge in [0.1, 0.15) is 18.1 Å². The fraction of sp³-hybridized carbons (Fsp3) is 0.722. The van der Waals surface area contributed by atoms with Crippen LogP contribution in [-0.4, -0.2) is 76.0 Å². The zero-order valence-electron chi connectivity index (χ0n) is 16.7. The minimum Gasteiger partial charge on any atom is -0.481 e. The van der Waals surface area contributed by atoms with Crippen LogP contribution in [0.4, 0.5) is 0 Å². The van der Waals surface area contributed by atoms with E-state index in [0.29, 0.717) is 32.4 Å². The van der Waals surface area contributed by atoms with Crippen molar-refractivity contribution in [3.8, 4) is 0 Å². The van der Waals surface area contributed by atoms with Gasteiger partial charge >= 0.3 is 11.9 Å². The SMILES string of the molecule is CC(C)[C@H](NC(=O)[C@H](CC(=O)O)NC(=O)[C@@H]1CCN1C(=O)CCCCN)C(=O)O. The van der Waals surface area contributed by atoms with Crippen LogP contribution in [0, 0.1) is 5.92 Å². The Hall–Kier alpha value is -2.69. The lowest BCUT2D eigenvalue weighted by molar-refractivity contribution is -0.149. The predicted molar refractivity (Wildman–Crippen MR) is 102 cm³/mol. The quantitative estimate of drug-likeness (QED) is 0.250. The number of amides is 3. The smallest absolute Gasteiger partial charge is 0.326 e. The van der Waals surface area contributed by atoms with Crippen LogP contribution < -0.4 is 16.4 Å². The third kappa shape index (κ3) is 7.33. The van der Waals surface area contributed by atoms with Crippen LogP contribution in [-0.2, 0) is 24.0 Å². The highest BCUT2D eigenvalue weighted by atomic mass is 16.4. The Morgan fingerprint density at radius 1 is 1.10 bits per heavy atom. The van der Waals surface area contributed by atoms with E-state index >= 15 is 0 Å². The van der Waals surface area contributed by atoms with E-state index in [4.69, 9.17) is 10.8 Å². The Morgan fingerprint density at radius 3 is 2.21 bits per heavy atom. The fourth-order valence-corrected chi connectivity index (χ4v) is 2.94. The van der Waals surface area contributed by atoms with Gasteiger partial charge in [0.15, 0.2) is 0 Å². The molecule has 0 spiro atoms. The van der Waals surface area contributed by atoms with Gasteiger partial charge < -0.3 is 31.5 Å². The van der Waals surface area contributed by atoms with Crippen LogP contribution in [0.15, 0.2) is 0 Å². The first-order valence-corrected chi connectivity index (χ1v) is 9.63. The summed E-state index contributed by atoms with van der Waals surface area (Å²) in [5, 5.41) is 22.8. The van der Waals surface area contributed by atoms with Crippen molar-refractivity contribution >= 4 is 29.7 Å². The summed E-state index contributed by atoms with van der Waals surface area (Å²) in [6.45, 7) is 4.05. The Labute approximate surface area is 169 Å². The average molecular weight is 414 g/mol. The fourth-order valence-electron chi connectivity index (χ4n) is 2.94. The lowest BCUT2D eigenvalue weighted by Crippen LogP contribution is -2.61. The number of aliphatic carboxylic acids is 2. The number of carbonyl (C=O) groups is 5. The number of likely N-dealkylation sites (tertiary alicyclic amines) is 1. The number of carbonyl (C=O) groups excluding carboxylic acids is 3. The van der Waals surface area contributed by atoms with E-state index in [1.54, 1.807) is 13.8 Å². The molecule has 0 bridgehead atoms. The van der Waals surface area contributed by atoms with E-state index < -0.39 is 54.2 Å². The molecular formula is C18H30N4O7. The molecule has 1 aliphatic rings. The van der Waals surface area contributed by atoms with Crippen LogP contribution in [0.1, 0.15) is 46.0 Å². The molecule has 1 fully saturated rings. The summed E-state index contributed by atoms with van der Waals surface area (Å²) in [6.07, 6.45) is 1.25. The second-order valence-electron chi connectivity index (χ2n) is 7.36. The van der Waals surface area contributed by atoms with Gasteiger partial charge in [-0.05, 0) is 31.7 Å². The van der Waals surface area contributed by atoms with Gasteiger partial charge in [-0.1, -0.05) is 13.8 Å². The molecule has 0 aromatic rings. The van der Waals surface area contributed by atoms with Gasteiger partial charge in [0.2, 0.25) is 17.7 Å². The summed E-state index contributed by atoms with van der Waals surface area (Å²) in [5.41, 5.74) is 5.40. The van der Waals surface area contributed by atoms with E-state index in [9.17, 15) is 29.1 Å². The molecule has 0 radical (unpaired) electrons. The first-order valence-electron chi connectivity index (χ1n) is 9.63. The molecule has 0 aromatic carbocycles. The molecule has 1 heterocycles. The molecule has 164 valence electrons. The summed E-state index contributed by atoms with van der Waals surface area (Å²) in [6, 6.07) is -3.44. The molecule has 0 aromatic heterocycles. The van der Waals surface area contributed by atoms with E-state index in [2.05, 4.69) is 10.6 Å². The number of nitrogens with one attached hydrogen (secondary N) is 2. The predicted octanol–water partition coefficient (Wildman–Crippen LogP) is -1.10. The van der Waals surface area contributed by atoms with E-state index in [0.717, 1.165) is 0 Å². The zero-order valence-corrected chi connectivity index (χ0v) is 16.7. The van der Waals surface area contributed by atoms with Crippen LogP contribution in [0.2, 0.25) is 0 Å². The van der Waals surface area contributed by atoms with Crippen LogP contribution in [0.25, 0.3) is 0 Å². The van der Waals surface area contributed by atoms with Crippen molar-refractivity contribution in [3.05, 3.63) is 0 Å². The second-order valence-corrected chi connectivity index (χ2v) is 7.36. The summed E-state index contributed by atoms with van der Waals surface area (Å²) in [4.78, 5) is 60.8. The number of nitrogens with zero attached hydrogens (tertiary/aromatic N) is 1. The van der Waals surface area contributed by atoms with Crippen molar-refractivity contribution in [2.45, 2.75) is 64.1 Å². The van der Waals surface area contributed by atoms with Crippen molar-refractivity contribution in [1.29, 1.82) is 0 Å². The molecule has 6 N–H and O–H groups in total. The zero-order chi connectivity index (χ0) is 22.1. The van der Waals surface area contributed by atoms with Gasteiger partial charge in [-0.15, -0.1) is 0 Å². The van der Waals surface area contributed by atoms with Crippen molar-refractivity contribution in [3.63, 3.8) is 0 Å². The summed E-state index contributed by atoms with van der Waals surface area (Å²) >= 11 is 0. The van der Waals surface area contributed by atoms with E-state index in [1.807, 2.05) is 0 Å². The van der Waals surface area contributed by atoms with Crippen LogP contribution in [0.5, 0.6) is 0 Å². The van der Waals surface area contributed by atoms with Gasteiger partial charge in [0, 0.05) is 13.0 Å². The number of carboxylic acids is 2.